The van der Waals surface area contributed by atoms with E-state index < -0.39 is 0 Å². The molecule has 9 heteroatoms. The summed E-state index contributed by atoms with van der Waals surface area (Å²) >= 11 is 0. The number of ether oxygens (including phenoxy) is 8. The molecule has 0 fully saturated rings. The summed E-state index contributed by atoms with van der Waals surface area (Å²) in [5.41, 5.74) is 0. The summed E-state index contributed by atoms with van der Waals surface area (Å²) in [6.45, 7) is 11.0. The highest BCUT2D eigenvalue weighted by atomic mass is 16.6. The Morgan fingerprint density at radius 3 is 0.935 bits per heavy atom. The molecule has 0 aromatic heterocycles. The van der Waals surface area contributed by atoms with Crippen molar-refractivity contribution in [2.75, 3.05) is 112 Å². The highest BCUT2D eigenvalue weighted by Crippen LogP contribution is 1.98. The van der Waals surface area contributed by atoms with Crippen LogP contribution in [0.25, 0.3) is 0 Å². The summed E-state index contributed by atoms with van der Waals surface area (Å²) in [7, 11) is 0. The van der Waals surface area contributed by atoms with Crippen molar-refractivity contribution in [3.8, 4) is 0 Å². The van der Waals surface area contributed by atoms with Gasteiger partial charge in [-0.25, -0.2) is 0 Å². The lowest BCUT2D eigenvalue weighted by Crippen LogP contribution is -2.15. The van der Waals surface area contributed by atoms with Gasteiger partial charge < -0.3 is 43.0 Å². The zero-order valence-corrected chi connectivity index (χ0v) is 19.6. The molecule has 0 aliphatic carbocycles. The van der Waals surface area contributed by atoms with Gasteiger partial charge in [0.15, 0.2) is 0 Å². The monoisotopic (exact) mass is 454 g/mol. The van der Waals surface area contributed by atoms with Crippen molar-refractivity contribution in [1.29, 1.82) is 0 Å². The quantitative estimate of drug-likeness (QED) is 0.177. The van der Waals surface area contributed by atoms with E-state index in [0.717, 1.165) is 13.0 Å². The highest BCUT2D eigenvalue weighted by Gasteiger charge is 1.95. The Morgan fingerprint density at radius 1 is 0.355 bits per heavy atom. The van der Waals surface area contributed by atoms with Gasteiger partial charge in [-0.2, -0.15) is 0 Å². The lowest BCUT2D eigenvalue weighted by Gasteiger charge is -2.08. The third-order valence-corrected chi connectivity index (χ3v) is 3.98. The first-order valence-electron chi connectivity index (χ1n) is 11.6. The van der Waals surface area contributed by atoms with Gasteiger partial charge >= 0.3 is 0 Å². The van der Waals surface area contributed by atoms with Crippen LogP contribution in [0.1, 0.15) is 32.6 Å². The van der Waals surface area contributed by atoms with Gasteiger partial charge in [0.2, 0.25) is 0 Å². The van der Waals surface area contributed by atoms with E-state index in [2.05, 4.69) is 6.92 Å². The lowest BCUT2D eigenvalue weighted by atomic mass is 10.2. The molecule has 0 saturated carbocycles. The highest BCUT2D eigenvalue weighted by molar-refractivity contribution is 4.40. The molecule has 31 heavy (non-hydrogen) atoms. The molecule has 0 bridgehead atoms. The summed E-state index contributed by atoms with van der Waals surface area (Å²) in [6.07, 6.45) is 4.91. The summed E-state index contributed by atoms with van der Waals surface area (Å²) in [5.74, 6) is 0. The second-order valence-electron chi connectivity index (χ2n) is 6.68. The molecule has 9 nitrogen and oxygen atoms in total. The van der Waals surface area contributed by atoms with E-state index in [9.17, 15) is 0 Å². The predicted octanol–water partition coefficient (Wildman–Crippen LogP) is 1.69. The molecule has 0 aliphatic rings. The molecule has 0 aliphatic heterocycles. The maximum atomic E-state index is 8.54. The summed E-state index contributed by atoms with van der Waals surface area (Å²) in [6, 6.07) is 0. The van der Waals surface area contributed by atoms with Crippen LogP contribution >= 0.6 is 0 Å². The van der Waals surface area contributed by atoms with E-state index in [4.69, 9.17) is 43.0 Å². The van der Waals surface area contributed by atoms with Gasteiger partial charge in [0, 0.05) is 6.61 Å². The van der Waals surface area contributed by atoms with Crippen LogP contribution < -0.4 is 0 Å². The Hall–Kier alpha value is -0.360. The van der Waals surface area contributed by atoms with Crippen LogP contribution in [0.15, 0.2) is 0 Å². The second kappa shape index (κ2) is 29.6. The molecule has 0 aromatic rings. The first kappa shape index (κ1) is 30.6. The van der Waals surface area contributed by atoms with Crippen molar-refractivity contribution in [3.05, 3.63) is 0 Å². The lowest BCUT2D eigenvalue weighted by molar-refractivity contribution is -0.0238. The van der Waals surface area contributed by atoms with Gasteiger partial charge in [-0.1, -0.05) is 26.2 Å². The number of hydrogen-bond acceptors (Lipinski definition) is 9. The Morgan fingerprint density at radius 2 is 0.645 bits per heavy atom. The first-order valence-corrected chi connectivity index (χ1v) is 11.6. The second-order valence-corrected chi connectivity index (χ2v) is 6.68. The smallest absolute Gasteiger partial charge is 0.0701 e. The maximum absolute atomic E-state index is 8.54. The zero-order chi connectivity index (χ0) is 22.5. The minimum Gasteiger partial charge on any atom is -0.394 e. The normalized spacial score (nSPS) is 11.4. The Balaban J connectivity index is 2.98. The number of hydrogen-bond donors (Lipinski definition) is 1. The average molecular weight is 455 g/mol. The van der Waals surface area contributed by atoms with Gasteiger partial charge in [-0.3, -0.25) is 0 Å². The Labute approximate surface area is 188 Å². The van der Waals surface area contributed by atoms with Crippen molar-refractivity contribution >= 4 is 0 Å². The fourth-order valence-electron chi connectivity index (χ4n) is 2.34. The molecule has 0 heterocycles. The van der Waals surface area contributed by atoms with Gasteiger partial charge in [-0.05, 0) is 6.42 Å². The number of aliphatic hydroxyl groups excluding tert-OH is 1. The third-order valence-electron chi connectivity index (χ3n) is 3.98. The number of rotatable bonds is 28. The Bertz CT molecular complexity index is 281. The maximum Gasteiger partial charge on any atom is 0.0701 e. The van der Waals surface area contributed by atoms with Crippen LogP contribution in [0.2, 0.25) is 0 Å². The molecular formula is C22H46O9. The van der Waals surface area contributed by atoms with Crippen LogP contribution in [0, 0.1) is 0 Å². The van der Waals surface area contributed by atoms with Crippen molar-refractivity contribution in [3.63, 3.8) is 0 Å². The fraction of sp³-hybridized carbons (Fsp3) is 1.00. The summed E-state index contributed by atoms with van der Waals surface area (Å²) in [4.78, 5) is 0. The first-order chi connectivity index (χ1) is 15.4. The molecule has 0 spiro atoms. The molecule has 0 radical (unpaired) electrons. The van der Waals surface area contributed by atoms with Gasteiger partial charge in [0.1, 0.15) is 0 Å². The van der Waals surface area contributed by atoms with Crippen LogP contribution in [0.3, 0.4) is 0 Å². The molecule has 0 unspecified atom stereocenters. The van der Waals surface area contributed by atoms with Crippen molar-refractivity contribution in [2.24, 2.45) is 0 Å². The van der Waals surface area contributed by atoms with E-state index in [1.54, 1.807) is 0 Å². The van der Waals surface area contributed by atoms with E-state index >= 15 is 0 Å². The summed E-state index contributed by atoms with van der Waals surface area (Å²) in [5, 5.41) is 8.54. The van der Waals surface area contributed by atoms with Crippen LogP contribution in [0.4, 0.5) is 0 Å². The number of aliphatic hydroxyl groups is 1. The van der Waals surface area contributed by atoms with E-state index in [1.807, 2.05) is 0 Å². The standard InChI is InChI=1S/C22H46O9/c1-2-3-4-5-7-24-9-11-26-13-15-28-17-19-30-21-22-31-20-18-29-16-14-27-12-10-25-8-6-23/h23H,2-22H2,1H3. The third kappa shape index (κ3) is 29.6. The van der Waals surface area contributed by atoms with Gasteiger partial charge in [-0.15, -0.1) is 0 Å². The van der Waals surface area contributed by atoms with E-state index in [1.165, 1.54) is 19.3 Å². The van der Waals surface area contributed by atoms with Crippen molar-refractivity contribution < 1.29 is 43.0 Å². The summed E-state index contributed by atoms with van der Waals surface area (Å²) < 4.78 is 43.0. The minimum absolute atomic E-state index is 0.0350. The van der Waals surface area contributed by atoms with Crippen LogP contribution in [-0.4, -0.2) is 117 Å². The molecule has 0 saturated heterocycles. The molecule has 0 rings (SSSR count). The average Bonchev–Trinajstić information content (AvgIpc) is 2.78. The Kier molecular flexibility index (Phi) is 29.3. The van der Waals surface area contributed by atoms with Gasteiger partial charge in [0.25, 0.3) is 0 Å². The van der Waals surface area contributed by atoms with Crippen molar-refractivity contribution in [2.45, 2.75) is 32.6 Å². The topological polar surface area (TPSA) is 94.1 Å². The zero-order valence-electron chi connectivity index (χ0n) is 19.6. The van der Waals surface area contributed by atoms with Crippen molar-refractivity contribution in [1.82, 2.24) is 0 Å². The largest absolute Gasteiger partial charge is 0.394 e. The predicted molar refractivity (Wildman–Crippen MR) is 118 cm³/mol. The molecule has 0 atom stereocenters. The molecule has 0 amide bonds. The SMILES string of the molecule is CCCCCCOCCOCCOCCOCCOCCOCCOCCOCCO. The molecule has 1 N–H and O–H groups in total. The molecular weight excluding hydrogens is 408 g/mol. The van der Waals surface area contributed by atoms with Gasteiger partial charge in [0.05, 0.1) is 106 Å². The van der Waals surface area contributed by atoms with Crippen LogP contribution in [-0.2, 0) is 37.9 Å². The number of unbranched alkanes of at least 4 members (excludes halogenated alkanes) is 3. The van der Waals surface area contributed by atoms with Crippen LogP contribution in [0.5, 0.6) is 0 Å². The van der Waals surface area contributed by atoms with E-state index in [0.29, 0.717) is 99.1 Å². The fourth-order valence-corrected chi connectivity index (χ4v) is 2.34. The van der Waals surface area contributed by atoms with E-state index in [-0.39, 0.29) is 6.61 Å². The molecule has 188 valence electrons. The molecule has 0 aromatic carbocycles. The minimum atomic E-state index is 0.0350.